The predicted octanol–water partition coefficient (Wildman–Crippen LogP) is 4.41. The summed E-state index contributed by atoms with van der Waals surface area (Å²) in [6.45, 7) is 4.14. The quantitative estimate of drug-likeness (QED) is 0.613. The van der Waals surface area contributed by atoms with Gasteiger partial charge < -0.3 is 4.57 Å². The van der Waals surface area contributed by atoms with Crippen molar-refractivity contribution in [2.75, 3.05) is 4.90 Å². The van der Waals surface area contributed by atoms with Gasteiger partial charge in [0.25, 0.3) is 0 Å². The lowest BCUT2D eigenvalue weighted by Gasteiger charge is -2.25. The van der Waals surface area contributed by atoms with Crippen LogP contribution in [-0.2, 0) is 35.3 Å². The van der Waals surface area contributed by atoms with Crippen molar-refractivity contribution in [1.29, 1.82) is 0 Å². The minimum atomic E-state index is -0.152. The number of hydrogen-bond donors (Lipinski definition) is 0. The first-order valence-corrected chi connectivity index (χ1v) is 10.7. The van der Waals surface area contributed by atoms with Gasteiger partial charge in [-0.15, -0.1) is 0 Å². The molecule has 0 atom stereocenters. The monoisotopic (exact) mass is 399 g/mol. The van der Waals surface area contributed by atoms with Crippen LogP contribution in [0.25, 0.3) is 5.69 Å². The fourth-order valence-corrected chi connectivity index (χ4v) is 4.93. The van der Waals surface area contributed by atoms with E-state index < -0.39 is 0 Å². The number of benzene rings is 2. The third-order valence-electron chi connectivity index (χ3n) is 6.32. The van der Waals surface area contributed by atoms with Gasteiger partial charge in [0, 0.05) is 36.6 Å². The molecule has 5 rings (SSSR count). The molecule has 5 heteroatoms. The standard InChI is InChI=1S/C25H25N3O2/c1-3-24-26-11-12-27(24)22-10-8-18(13-16(22)2)28-23-9-7-17-5-4-6-20(17)21(23)14-19(29)15-25(28)30/h7-13H,3-6,14-15H2,1-2H3. The number of hydrogen-bond acceptors (Lipinski definition) is 3. The van der Waals surface area contributed by atoms with E-state index in [-0.39, 0.29) is 18.1 Å². The second-order valence-electron chi connectivity index (χ2n) is 8.21. The number of carbonyl (C=O) groups is 2. The Morgan fingerprint density at radius 3 is 2.63 bits per heavy atom. The summed E-state index contributed by atoms with van der Waals surface area (Å²) in [4.78, 5) is 31.8. The van der Waals surface area contributed by atoms with Gasteiger partial charge in [-0.2, -0.15) is 0 Å². The molecular formula is C25H25N3O2. The number of nitrogens with zero attached hydrogens (tertiary/aromatic N) is 3. The largest absolute Gasteiger partial charge is 0.304 e. The number of fused-ring (bicyclic) bond motifs is 3. The van der Waals surface area contributed by atoms with Gasteiger partial charge in [-0.1, -0.05) is 13.0 Å². The molecule has 3 aromatic rings. The SMILES string of the molecule is CCc1nccn1-c1ccc(N2C(=O)CC(=O)Cc3c2ccc2c3CCC2)cc1C. The van der Waals surface area contributed by atoms with E-state index in [0.717, 1.165) is 59.7 Å². The number of aromatic nitrogens is 2. The third kappa shape index (κ3) is 2.96. The van der Waals surface area contributed by atoms with Gasteiger partial charge in [0.1, 0.15) is 11.6 Å². The number of ketones is 1. The first-order chi connectivity index (χ1) is 14.6. The number of carbonyl (C=O) groups excluding carboxylic acids is 2. The molecular weight excluding hydrogens is 374 g/mol. The lowest BCUT2D eigenvalue weighted by atomic mass is 9.97. The van der Waals surface area contributed by atoms with Crippen LogP contribution in [0, 0.1) is 6.92 Å². The molecule has 0 unspecified atom stereocenters. The van der Waals surface area contributed by atoms with E-state index in [2.05, 4.69) is 29.5 Å². The normalized spacial score (nSPS) is 15.9. The summed E-state index contributed by atoms with van der Waals surface area (Å²) < 4.78 is 2.09. The molecule has 0 bridgehead atoms. The van der Waals surface area contributed by atoms with E-state index in [1.807, 2.05) is 36.7 Å². The Balaban J connectivity index is 1.63. The molecule has 0 saturated carbocycles. The van der Waals surface area contributed by atoms with Crippen molar-refractivity contribution in [1.82, 2.24) is 9.55 Å². The molecule has 0 saturated heterocycles. The van der Waals surface area contributed by atoms with Gasteiger partial charge in [0.05, 0.1) is 12.1 Å². The van der Waals surface area contributed by atoms with Crippen LogP contribution in [0.4, 0.5) is 11.4 Å². The van der Waals surface area contributed by atoms with E-state index in [1.54, 1.807) is 4.90 Å². The highest BCUT2D eigenvalue weighted by atomic mass is 16.2. The maximum Gasteiger partial charge on any atom is 0.239 e. The summed E-state index contributed by atoms with van der Waals surface area (Å²) in [5.74, 6) is 0.854. The molecule has 0 N–H and O–H groups in total. The lowest BCUT2D eigenvalue weighted by Crippen LogP contribution is -2.26. The second kappa shape index (κ2) is 7.24. The highest BCUT2D eigenvalue weighted by molar-refractivity contribution is 6.13. The third-order valence-corrected chi connectivity index (χ3v) is 6.32. The molecule has 2 aliphatic rings. The lowest BCUT2D eigenvalue weighted by molar-refractivity contribution is -0.125. The molecule has 1 amide bonds. The Kier molecular flexibility index (Phi) is 4.54. The van der Waals surface area contributed by atoms with Crippen LogP contribution in [0.15, 0.2) is 42.7 Å². The Labute approximate surface area is 176 Å². The predicted molar refractivity (Wildman–Crippen MR) is 117 cm³/mol. The number of anilines is 2. The molecule has 2 heterocycles. The number of rotatable bonds is 3. The highest BCUT2D eigenvalue weighted by Crippen LogP contribution is 2.39. The summed E-state index contributed by atoms with van der Waals surface area (Å²) in [6.07, 6.45) is 8.10. The minimum Gasteiger partial charge on any atom is -0.304 e. The van der Waals surface area contributed by atoms with Gasteiger partial charge in [0.2, 0.25) is 5.91 Å². The number of Topliss-reactive ketones (excluding diaryl/α,β-unsaturated/α-hetero) is 1. The van der Waals surface area contributed by atoms with E-state index in [4.69, 9.17) is 0 Å². The zero-order chi connectivity index (χ0) is 20.8. The van der Waals surface area contributed by atoms with Gasteiger partial charge in [-0.25, -0.2) is 4.98 Å². The average molecular weight is 399 g/mol. The molecule has 1 aromatic heterocycles. The first kappa shape index (κ1) is 18.8. The molecule has 30 heavy (non-hydrogen) atoms. The van der Waals surface area contributed by atoms with Crippen molar-refractivity contribution in [2.24, 2.45) is 0 Å². The van der Waals surface area contributed by atoms with Crippen LogP contribution < -0.4 is 4.90 Å². The van der Waals surface area contributed by atoms with Crippen molar-refractivity contribution in [3.05, 3.63) is 70.8 Å². The van der Waals surface area contributed by atoms with Crippen molar-refractivity contribution >= 4 is 23.1 Å². The van der Waals surface area contributed by atoms with Crippen LogP contribution in [0.1, 0.15) is 47.8 Å². The molecule has 5 nitrogen and oxygen atoms in total. The summed E-state index contributed by atoms with van der Waals surface area (Å²) in [5, 5.41) is 0. The summed E-state index contributed by atoms with van der Waals surface area (Å²) in [5.41, 5.74) is 7.45. The molecule has 0 spiro atoms. The maximum atomic E-state index is 13.1. The molecule has 2 aromatic carbocycles. The van der Waals surface area contributed by atoms with Crippen LogP contribution in [0.5, 0.6) is 0 Å². The number of amides is 1. The van der Waals surface area contributed by atoms with Gasteiger partial charge in [0.15, 0.2) is 0 Å². The van der Waals surface area contributed by atoms with E-state index in [9.17, 15) is 9.59 Å². The second-order valence-corrected chi connectivity index (χ2v) is 8.21. The van der Waals surface area contributed by atoms with Crippen LogP contribution in [-0.4, -0.2) is 21.2 Å². The summed E-state index contributed by atoms with van der Waals surface area (Å²) in [6, 6.07) is 10.2. The molecule has 1 aliphatic heterocycles. The molecule has 1 aliphatic carbocycles. The van der Waals surface area contributed by atoms with Crippen molar-refractivity contribution in [3.63, 3.8) is 0 Å². The molecule has 152 valence electrons. The van der Waals surface area contributed by atoms with E-state index in [0.29, 0.717) is 6.42 Å². The first-order valence-electron chi connectivity index (χ1n) is 10.7. The summed E-state index contributed by atoms with van der Waals surface area (Å²) in [7, 11) is 0. The van der Waals surface area contributed by atoms with E-state index in [1.165, 1.54) is 11.1 Å². The highest BCUT2D eigenvalue weighted by Gasteiger charge is 2.31. The Bertz CT molecular complexity index is 1180. The van der Waals surface area contributed by atoms with Gasteiger partial charge >= 0.3 is 0 Å². The zero-order valence-electron chi connectivity index (χ0n) is 17.4. The van der Waals surface area contributed by atoms with Crippen molar-refractivity contribution < 1.29 is 9.59 Å². The van der Waals surface area contributed by atoms with Gasteiger partial charge in [-0.05, 0) is 72.7 Å². The Hall–Kier alpha value is -3.21. The van der Waals surface area contributed by atoms with Crippen LogP contribution in [0.3, 0.4) is 0 Å². The van der Waals surface area contributed by atoms with Crippen molar-refractivity contribution in [2.45, 2.75) is 52.4 Å². The Morgan fingerprint density at radius 1 is 1.00 bits per heavy atom. The van der Waals surface area contributed by atoms with Gasteiger partial charge in [-0.3, -0.25) is 14.5 Å². The van der Waals surface area contributed by atoms with Crippen LogP contribution >= 0.6 is 0 Å². The average Bonchev–Trinajstić information content (AvgIpc) is 3.36. The smallest absolute Gasteiger partial charge is 0.239 e. The Morgan fingerprint density at radius 2 is 1.83 bits per heavy atom. The molecule has 0 radical (unpaired) electrons. The van der Waals surface area contributed by atoms with E-state index >= 15 is 0 Å². The number of imidazole rings is 1. The topological polar surface area (TPSA) is 55.2 Å². The fourth-order valence-electron chi connectivity index (χ4n) is 4.93. The maximum absolute atomic E-state index is 13.1. The number of aryl methyl sites for hydroxylation is 3. The molecule has 0 fully saturated rings. The minimum absolute atomic E-state index is 0.00314. The van der Waals surface area contributed by atoms with Crippen LogP contribution in [0.2, 0.25) is 0 Å². The summed E-state index contributed by atoms with van der Waals surface area (Å²) >= 11 is 0. The van der Waals surface area contributed by atoms with Crippen molar-refractivity contribution in [3.8, 4) is 5.69 Å². The zero-order valence-corrected chi connectivity index (χ0v) is 17.4. The fraction of sp³-hybridized carbons (Fsp3) is 0.320.